The third-order valence-electron chi connectivity index (χ3n) is 5.30. The molecule has 1 saturated heterocycles. The maximum Gasteiger partial charge on any atom is 0.317 e. The van der Waals surface area contributed by atoms with Crippen molar-refractivity contribution in [2.45, 2.75) is 27.7 Å². The van der Waals surface area contributed by atoms with Gasteiger partial charge in [-0.2, -0.15) is 0 Å². The quantitative estimate of drug-likeness (QED) is 0.596. The van der Waals surface area contributed by atoms with Gasteiger partial charge in [0.05, 0.1) is 19.6 Å². The van der Waals surface area contributed by atoms with Crippen LogP contribution >= 0.6 is 0 Å². The van der Waals surface area contributed by atoms with Crippen molar-refractivity contribution in [2.24, 2.45) is 5.41 Å². The van der Waals surface area contributed by atoms with E-state index in [1.165, 1.54) is 0 Å². The van der Waals surface area contributed by atoms with Gasteiger partial charge in [0.25, 0.3) is 0 Å². The molecule has 0 amide bonds. The van der Waals surface area contributed by atoms with Gasteiger partial charge in [-0.15, -0.1) is 0 Å². The summed E-state index contributed by atoms with van der Waals surface area (Å²) in [5, 5.41) is 18.5. The monoisotopic (exact) mass is 414 g/mol. The Morgan fingerprint density at radius 1 is 0.655 bits per heavy atom. The number of carbonyl (C=O) groups is 3. The number of nitrogens with zero attached hydrogens (tertiary/aromatic N) is 4. The van der Waals surface area contributed by atoms with Gasteiger partial charge >= 0.3 is 11.9 Å². The fourth-order valence-corrected chi connectivity index (χ4v) is 3.19. The van der Waals surface area contributed by atoms with E-state index in [1.54, 1.807) is 0 Å². The topological polar surface area (TPSA) is 105 Å². The molecule has 29 heavy (non-hydrogen) atoms. The predicted molar refractivity (Wildman–Crippen MR) is 111 cm³/mol. The highest BCUT2D eigenvalue weighted by Crippen LogP contribution is 2.15. The second-order valence-corrected chi connectivity index (χ2v) is 8.72. The lowest BCUT2D eigenvalue weighted by molar-refractivity contribution is -0.139. The van der Waals surface area contributed by atoms with E-state index in [1.807, 2.05) is 35.5 Å². The van der Waals surface area contributed by atoms with Crippen molar-refractivity contribution in [1.29, 1.82) is 0 Å². The molecule has 0 aromatic rings. The van der Waals surface area contributed by atoms with E-state index < -0.39 is 17.4 Å². The number of Topliss-reactive ketones (excluding diaryl/α,β-unsaturated/α-hetero) is 1. The van der Waals surface area contributed by atoms with Gasteiger partial charge in [-0.3, -0.25) is 29.1 Å². The first-order valence-electron chi connectivity index (χ1n) is 10.4. The van der Waals surface area contributed by atoms with Crippen LogP contribution in [-0.2, 0) is 14.4 Å². The molecule has 1 rings (SSSR count). The average Bonchev–Trinajstić information content (AvgIpc) is 2.60. The van der Waals surface area contributed by atoms with E-state index in [2.05, 4.69) is 11.8 Å². The lowest BCUT2D eigenvalue weighted by Crippen LogP contribution is -2.49. The van der Waals surface area contributed by atoms with Crippen LogP contribution in [0.15, 0.2) is 0 Å². The number of ketones is 1. The minimum atomic E-state index is -0.856. The van der Waals surface area contributed by atoms with Crippen molar-refractivity contribution in [1.82, 2.24) is 19.6 Å². The van der Waals surface area contributed by atoms with Gasteiger partial charge in [-0.25, -0.2) is 0 Å². The first-order valence-corrected chi connectivity index (χ1v) is 10.4. The fraction of sp³-hybridized carbons (Fsp3) is 0.850. The number of aliphatic carboxylic acids is 2. The summed E-state index contributed by atoms with van der Waals surface area (Å²) in [4.78, 5) is 43.1. The first kappa shape index (κ1) is 25.5. The Morgan fingerprint density at radius 2 is 0.966 bits per heavy atom. The number of hydrogen-bond donors (Lipinski definition) is 2. The number of carboxylic acid groups (broad SMARTS) is 2. The van der Waals surface area contributed by atoms with Gasteiger partial charge in [0.2, 0.25) is 0 Å². The van der Waals surface area contributed by atoms with Crippen LogP contribution in [0.2, 0.25) is 0 Å². The van der Waals surface area contributed by atoms with E-state index in [0.29, 0.717) is 39.3 Å². The van der Waals surface area contributed by atoms with Gasteiger partial charge in [0.15, 0.2) is 5.78 Å². The maximum absolute atomic E-state index is 12.5. The highest BCUT2D eigenvalue weighted by Gasteiger charge is 2.25. The standard InChI is InChI=1S/C20H38N4O5/c1-5-21-6-8-23(15-18(26)27)12-10-22(14-17(25)20(2,3)4)11-13-24(9-7-21)16-19(28)29/h5-16H2,1-4H3,(H,26,27)(H,28,29). The number of rotatable bonds is 7. The van der Waals surface area contributed by atoms with E-state index in [9.17, 15) is 24.6 Å². The van der Waals surface area contributed by atoms with E-state index >= 15 is 0 Å². The Hall–Kier alpha value is -1.55. The molecule has 0 atom stereocenters. The Labute approximate surface area is 174 Å². The molecule has 0 saturated carbocycles. The molecule has 0 aromatic heterocycles. The summed E-state index contributed by atoms with van der Waals surface area (Å²) >= 11 is 0. The smallest absolute Gasteiger partial charge is 0.317 e. The third kappa shape index (κ3) is 10.7. The summed E-state index contributed by atoms with van der Waals surface area (Å²) in [5.74, 6) is -1.59. The Bertz CT molecular complexity index is 517. The molecule has 168 valence electrons. The predicted octanol–water partition coefficient (Wildman–Crippen LogP) is 0.0123. The molecule has 9 nitrogen and oxygen atoms in total. The van der Waals surface area contributed by atoms with Crippen LogP contribution in [-0.4, -0.2) is 126 Å². The second-order valence-electron chi connectivity index (χ2n) is 8.72. The molecule has 0 spiro atoms. The summed E-state index contributed by atoms with van der Waals surface area (Å²) in [6.45, 7) is 13.7. The van der Waals surface area contributed by atoms with E-state index in [0.717, 1.165) is 19.6 Å². The molecule has 1 heterocycles. The third-order valence-corrected chi connectivity index (χ3v) is 5.30. The van der Waals surface area contributed by atoms with E-state index in [-0.39, 0.29) is 25.4 Å². The molecular weight excluding hydrogens is 376 g/mol. The molecule has 0 bridgehead atoms. The Kier molecular flexibility index (Phi) is 10.7. The van der Waals surface area contributed by atoms with Gasteiger partial charge in [-0.1, -0.05) is 27.7 Å². The van der Waals surface area contributed by atoms with Crippen LogP contribution in [0.3, 0.4) is 0 Å². The van der Waals surface area contributed by atoms with Crippen molar-refractivity contribution in [3.63, 3.8) is 0 Å². The van der Waals surface area contributed by atoms with Crippen molar-refractivity contribution < 1.29 is 24.6 Å². The summed E-state index contributed by atoms with van der Waals surface area (Å²) in [6, 6.07) is 0. The van der Waals surface area contributed by atoms with Gasteiger partial charge < -0.3 is 15.1 Å². The molecule has 0 aliphatic carbocycles. The number of carbonyl (C=O) groups excluding carboxylic acids is 1. The van der Waals surface area contributed by atoms with Crippen LogP contribution in [0.4, 0.5) is 0 Å². The molecule has 1 aliphatic rings. The van der Waals surface area contributed by atoms with Crippen LogP contribution in [0.5, 0.6) is 0 Å². The molecule has 1 fully saturated rings. The minimum absolute atomic E-state index is 0.0241. The molecule has 0 aromatic carbocycles. The molecule has 2 N–H and O–H groups in total. The highest BCUT2D eigenvalue weighted by atomic mass is 16.4. The first-order chi connectivity index (χ1) is 13.5. The SMILES string of the molecule is CCN1CCN(CC(=O)O)CCN(CC(=O)C(C)(C)C)CCN(CC(=O)O)CC1. The fourth-order valence-electron chi connectivity index (χ4n) is 3.19. The minimum Gasteiger partial charge on any atom is -0.480 e. The summed E-state index contributed by atoms with van der Waals surface area (Å²) in [5.41, 5.74) is -0.452. The zero-order valence-electron chi connectivity index (χ0n) is 18.4. The highest BCUT2D eigenvalue weighted by molar-refractivity contribution is 5.85. The maximum atomic E-state index is 12.5. The Balaban J connectivity index is 2.92. The van der Waals surface area contributed by atoms with Crippen molar-refractivity contribution in [3.8, 4) is 0 Å². The van der Waals surface area contributed by atoms with Gasteiger partial charge in [0.1, 0.15) is 0 Å². The van der Waals surface area contributed by atoms with Crippen molar-refractivity contribution >= 4 is 17.7 Å². The summed E-state index contributed by atoms with van der Waals surface area (Å²) < 4.78 is 0. The number of likely N-dealkylation sites (N-methyl/N-ethyl adjacent to an activating group) is 1. The van der Waals surface area contributed by atoms with Gasteiger partial charge in [-0.05, 0) is 6.54 Å². The molecule has 9 heteroatoms. The Morgan fingerprint density at radius 3 is 1.24 bits per heavy atom. The van der Waals surface area contributed by atoms with Crippen LogP contribution < -0.4 is 0 Å². The molecule has 0 radical (unpaired) electrons. The zero-order valence-corrected chi connectivity index (χ0v) is 18.4. The molecular formula is C20H38N4O5. The van der Waals surface area contributed by atoms with Crippen molar-refractivity contribution in [2.75, 3.05) is 78.5 Å². The van der Waals surface area contributed by atoms with Crippen molar-refractivity contribution in [3.05, 3.63) is 0 Å². The molecule has 0 unspecified atom stereocenters. The largest absolute Gasteiger partial charge is 0.480 e. The zero-order chi connectivity index (χ0) is 22.0. The average molecular weight is 415 g/mol. The lowest BCUT2D eigenvalue weighted by Gasteiger charge is -2.33. The van der Waals surface area contributed by atoms with Crippen LogP contribution in [0, 0.1) is 5.41 Å². The lowest BCUT2D eigenvalue weighted by atomic mass is 9.90. The number of carboxylic acids is 2. The summed E-state index contributed by atoms with van der Waals surface area (Å²) in [6.07, 6.45) is 0. The van der Waals surface area contributed by atoms with Crippen LogP contribution in [0.25, 0.3) is 0 Å². The second kappa shape index (κ2) is 12.2. The number of hydrogen-bond acceptors (Lipinski definition) is 7. The van der Waals surface area contributed by atoms with Gasteiger partial charge in [0, 0.05) is 57.8 Å². The van der Waals surface area contributed by atoms with E-state index in [4.69, 9.17) is 0 Å². The summed E-state index contributed by atoms with van der Waals surface area (Å²) in [7, 11) is 0. The molecule has 1 aliphatic heterocycles. The normalized spacial score (nSPS) is 20.0. The van der Waals surface area contributed by atoms with Crippen LogP contribution in [0.1, 0.15) is 27.7 Å².